The van der Waals surface area contributed by atoms with Crippen molar-refractivity contribution in [2.24, 2.45) is 5.92 Å². The zero-order valence-corrected chi connectivity index (χ0v) is 11.7. The van der Waals surface area contributed by atoms with Gasteiger partial charge in [-0.25, -0.2) is 4.98 Å². The van der Waals surface area contributed by atoms with Crippen LogP contribution < -0.4 is 0 Å². The lowest BCUT2D eigenvalue weighted by atomic mass is 9.94. The Kier molecular flexibility index (Phi) is 4.00. The van der Waals surface area contributed by atoms with E-state index >= 15 is 0 Å². The van der Waals surface area contributed by atoms with Crippen LogP contribution in [-0.4, -0.2) is 33.7 Å². The Morgan fingerprint density at radius 2 is 2.25 bits per heavy atom. The van der Waals surface area contributed by atoms with Crippen molar-refractivity contribution in [3.8, 4) is 6.07 Å². The number of pyridine rings is 1. The van der Waals surface area contributed by atoms with Gasteiger partial charge in [-0.2, -0.15) is 5.26 Å². The molecule has 2 heterocycles. The lowest BCUT2D eigenvalue weighted by Crippen LogP contribution is -2.38. The Hall–Kier alpha value is -1.44. The Morgan fingerprint density at radius 3 is 3.00 bits per heavy atom. The van der Waals surface area contributed by atoms with Crippen LogP contribution in [0.25, 0.3) is 0 Å². The predicted molar refractivity (Wildman–Crippen MR) is 75.7 cm³/mol. The second kappa shape index (κ2) is 5.90. The quantitative estimate of drug-likeness (QED) is 0.914. The molecule has 4 heteroatoms. The minimum atomic E-state index is -0.134. The number of nitriles is 1. The molecule has 2 aliphatic rings. The van der Waals surface area contributed by atoms with Gasteiger partial charge < -0.3 is 5.11 Å². The molecule has 1 saturated carbocycles. The number of aliphatic hydroxyl groups excluding tert-OH is 1. The highest BCUT2D eigenvalue weighted by molar-refractivity contribution is 5.30. The fraction of sp³-hybridized carbons (Fsp3) is 0.625. The average molecular weight is 271 g/mol. The van der Waals surface area contributed by atoms with Crippen LogP contribution >= 0.6 is 0 Å². The SMILES string of the molecule is N#Cc1ncccc1CN1CCCC1C1CCCC1O. The zero-order valence-electron chi connectivity index (χ0n) is 11.7. The van der Waals surface area contributed by atoms with E-state index in [2.05, 4.69) is 16.0 Å². The lowest BCUT2D eigenvalue weighted by Gasteiger charge is -2.31. The molecule has 2 fully saturated rings. The predicted octanol–water partition coefficient (Wildman–Crippen LogP) is 2.08. The first-order valence-corrected chi connectivity index (χ1v) is 7.55. The largest absolute Gasteiger partial charge is 0.393 e. The third-order valence-electron chi connectivity index (χ3n) is 4.81. The summed E-state index contributed by atoms with van der Waals surface area (Å²) in [6.45, 7) is 1.85. The number of hydrogen-bond donors (Lipinski definition) is 1. The molecule has 1 aliphatic heterocycles. The first-order chi connectivity index (χ1) is 9.79. The van der Waals surface area contributed by atoms with E-state index < -0.39 is 0 Å². The van der Waals surface area contributed by atoms with Crippen molar-refractivity contribution in [1.29, 1.82) is 5.26 Å². The maximum Gasteiger partial charge on any atom is 0.144 e. The van der Waals surface area contributed by atoms with Crippen molar-refractivity contribution in [2.75, 3.05) is 6.54 Å². The van der Waals surface area contributed by atoms with E-state index in [1.54, 1.807) is 6.20 Å². The van der Waals surface area contributed by atoms with Crippen molar-refractivity contribution in [3.63, 3.8) is 0 Å². The summed E-state index contributed by atoms with van der Waals surface area (Å²) in [4.78, 5) is 6.58. The third-order valence-corrected chi connectivity index (χ3v) is 4.81. The van der Waals surface area contributed by atoms with Gasteiger partial charge in [0, 0.05) is 30.3 Å². The summed E-state index contributed by atoms with van der Waals surface area (Å²) in [5, 5.41) is 19.3. The van der Waals surface area contributed by atoms with Crippen molar-refractivity contribution in [2.45, 2.75) is 50.8 Å². The van der Waals surface area contributed by atoms with Crippen molar-refractivity contribution >= 4 is 0 Å². The van der Waals surface area contributed by atoms with E-state index in [4.69, 9.17) is 5.26 Å². The summed E-state index contributed by atoms with van der Waals surface area (Å²) < 4.78 is 0. The van der Waals surface area contributed by atoms with E-state index in [9.17, 15) is 5.11 Å². The van der Waals surface area contributed by atoms with Gasteiger partial charge in [-0.05, 0) is 38.3 Å². The highest BCUT2D eigenvalue weighted by Gasteiger charge is 2.38. The summed E-state index contributed by atoms with van der Waals surface area (Å²) in [5.41, 5.74) is 1.54. The molecule has 0 radical (unpaired) electrons. The molecule has 1 aliphatic carbocycles. The van der Waals surface area contributed by atoms with Gasteiger partial charge in [0.1, 0.15) is 11.8 Å². The summed E-state index contributed by atoms with van der Waals surface area (Å²) in [6.07, 6.45) is 7.13. The van der Waals surface area contributed by atoms with Crippen molar-refractivity contribution < 1.29 is 5.11 Å². The topological polar surface area (TPSA) is 60.2 Å². The molecule has 0 spiro atoms. The van der Waals surface area contributed by atoms with E-state index in [1.807, 2.05) is 12.1 Å². The Labute approximate surface area is 120 Å². The summed E-state index contributed by atoms with van der Waals surface area (Å²) in [7, 11) is 0. The van der Waals surface area contributed by atoms with Gasteiger partial charge in [-0.3, -0.25) is 4.90 Å². The van der Waals surface area contributed by atoms with Crippen molar-refractivity contribution in [3.05, 3.63) is 29.6 Å². The number of aromatic nitrogens is 1. The van der Waals surface area contributed by atoms with Crippen LogP contribution in [-0.2, 0) is 6.54 Å². The number of aliphatic hydroxyl groups is 1. The number of hydrogen-bond acceptors (Lipinski definition) is 4. The molecule has 1 N–H and O–H groups in total. The van der Waals surface area contributed by atoms with E-state index in [1.165, 1.54) is 12.8 Å². The van der Waals surface area contributed by atoms with Crippen LogP contribution in [0, 0.1) is 17.2 Å². The maximum absolute atomic E-state index is 10.1. The number of likely N-dealkylation sites (tertiary alicyclic amines) is 1. The maximum atomic E-state index is 10.1. The molecule has 1 aromatic heterocycles. The van der Waals surface area contributed by atoms with Crippen molar-refractivity contribution in [1.82, 2.24) is 9.88 Å². The molecule has 20 heavy (non-hydrogen) atoms. The van der Waals surface area contributed by atoms with Crippen LogP contribution in [0.15, 0.2) is 18.3 Å². The second-order valence-electron chi connectivity index (χ2n) is 5.97. The second-order valence-corrected chi connectivity index (χ2v) is 5.97. The van der Waals surface area contributed by atoms with Gasteiger partial charge in [-0.15, -0.1) is 0 Å². The van der Waals surface area contributed by atoms with Crippen LogP contribution in [0.5, 0.6) is 0 Å². The standard InChI is InChI=1S/C16H21N3O/c17-10-14-12(4-2-8-18-14)11-19-9-3-6-15(19)13-5-1-7-16(13)20/h2,4,8,13,15-16,20H,1,3,5-7,9,11H2. The molecule has 0 amide bonds. The fourth-order valence-corrected chi connectivity index (χ4v) is 3.84. The smallest absolute Gasteiger partial charge is 0.144 e. The summed E-state index contributed by atoms with van der Waals surface area (Å²) in [5.74, 6) is 0.416. The van der Waals surface area contributed by atoms with Gasteiger partial charge in [-0.1, -0.05) is 12.5 Å². The minimum absolute atomic E-state index is 0.134. The van der Waals surface area contributed by atoms with E-state index in [-0.39, 0.29) is 6.10 Å². The van der Waals surface area contributed by atoms with E-state index in [0.717, 1.165) is 37.9 Å². The molecular weight excluding hydrogens is 250 g/mol. The molecule has 1 saturated heterocycles. The Bertz CT molecular complexity index is 511. The Balaban J connectivity index is 1.74. The normalized spacial score (nSPS) is 30.5. The molecule has 0 aromatic carbocycles. The van der Waals surface area contributed by atoms with Crippen LogP contribution in [0.1, 0.15) is 43.4 Å². The highest BCUT2D eigenvalue weighted by atomic mass is 16.3. The Morgan fingerprint density at radius 1 is 1.35 bits per heavy atom. The molecule has 3 atom stereocenters. The van der Waals surface area contributed by atoms with Gasteiger partial charge >= 0.3 is 0 Å². The van der Waals surface area contributed by atoms with Crippen LogP contribution in [0.2, 0.25) is 0 Å². The average Bonchev–Trinajstić information content (AvgIpc) is 3.08. The van der Waals surface area contributed by atoms with Gasteiger partial charge in [0.2, 0.25) is 0 Å². The first-order valence-electron chi connectivity index (χ1n) is 7.55. The zero-order chi connectivity index (χ0) is 13.9. The third kappa shape index (κ3) is 2.56. The van der Waals surface area contributed by atoms with E-state index in [0.29, 0.717) is 17.7 Å². The summed E-state index contributed by atoms with van der Waals surface area (Å²) >= 11 is 0. The molecule has 3 unspecified atom stereocenters. The highest BCUT2D eigenvalue weighted by Crippen LogP contribution is 2.36. The number of rotatable bonds is 3. The monoisotopic (exact) mass is 271 g/mol. The molecular formula is C16H21N3O. The minimum Gasteiger partial charge on any atom is -0.393 e. The molecule has 0 bridgehead atoms. The molecule has 1 aromatic rings. The van der Waals surface area contributed by atoms with Crippen LogP contribution in [0.3, 0.4) is 0 Å². The molecule has 3 rings (SSSR count). The van der Waals surface area contributed by atoms with Gasteiger partial charge in [0.05, 0.1) is 6.10 Å². The number of nitrogens with zero attached hydrogens (tertiary/aromatic N) is 3. The van der Waals surface area contributed by atoms with Gasteiger partial charge in [0.15, 0.2) is 0 Å². The van der Waals surface area contributed by atoms with Crippen LogP contribution in [0.4, 0.5) is 0 Å². The molecule has 4 nitrogen and oxygen atoms in total. The first kappa shape index (κ1) is 13.5. The fourth-order valence-electron chi connectivity index (χ4n) is 3.84. The summed E-state index contributed by atoms with van der Waals surface area (Å²) in [6, 6.07) is 6.53. The lowest BCUT2D eigenvalue weighted by molar-refractivity contribution is 0.0718. The van der Waals surface area contributed by atoms with Gasteiger partial charge in [0.25, 0.3) is 0 Å². The molecule has 106 valence electrons.